The number of benzene rings is 2. The van der Waals surface area contributed by atoms with Crippen molar-refractivity contribution in [1.29, 1.82) is 0 Å². The molecule has 2 aliphatic rings. The molecule has 2 aliphatic heterocycles. The minimum Gasteiger partial charge on any atom is -0.364 e. The number of ether oxygens (including phenoxy) is 1. The van der Waals surface area contributed by atoms with Gasteiger partial charge < -0.3 is 19.5 Å². The second-order valence-corrected chi connectivity index (χ2v) is 7.15. The van der Waals surface area contributed by atoms with Crippen LogP contribution in [0.4, 0.5) is 5.95 Å². The molecule has 142 valence electrons. The van der Waals surface area contributed by atoms with Gasteiger partial charge in [-0.2, -0.15) is 4.98 Å². The maximum absolute atomic E-state index is 12.1. The number of hydrogen-bond acceptors (Lipinski definition) is 6. The van der Waals surface area contributed by atoms with Crippen molar-refractivity contribution in [2.75, 3.05) is 24.6 Å². The molecule has 0 unspecified atom stereocenters. The number of morpholine rings is 1. The van der Waals surface area contributed by atoms with Gasteiger partial charge in [-0.3, -0.25) is 4.79 Å². The summed E-state index contributed by atoms with van der Waals surface area (Å²) in [4.78, 5) is 18.7. The van der Waals surface area contributed by atoms with Crippen molar-refractivity contribution in [1.82, 2.24) is 15.5 Å². The predicted octanol–water partition coefficient (Wildman–Crippen LogP) is 2.36. The number of rotatable bonds is 3. The number of nitrogens with zero attached hydrogens (tertiary/aromatic N) is 3. The fraction of sp³-hybridized carbons (Fsp3) is 0.286. The summed E-state index contributed by atoms with van der Waals surface area (Å²) < 4.78 is 11.4. The van der Waals surface area contributed by atoms with Gasteiger partial charge in [0.15, 0.2) is 0 Å². The fourth-order valence-corrected chi connectivity index (χ4v) is 4.08. The van der Waals surface area contributed by atoms with Crippen molar-refractivity contribution in [3.05, 3.63) is 66.2 Å². The lowest BCUT2D eigenvalue weighted by molar-refractivity contribution is -0.146. The fourth-order valence-electron chi connectivity index (χ4n) is 4.08. The Morgan fingerprint density at radius 2 is 1.82 bits per heavy atom. The Balaban J connectivity index is 1.42. The summed E-state index contributed by atoms with van der Waals surface area (Å²) in [6.07, 6.45) is 0.503. The standard InChI is InChI=1S/C21H20N4O3/c26-18-14-27-17-13-25(12-11-21(17,23-18)16-9-5-2-6-10-16)20-22-19(28-24-20)15-7-3-1-4-8-15/h1-10,17H,11-14H2,(H,23,26)/t17-,21+/m1/s1. The number of nitrogens with one attached hydrogen (secondary N) is 1. The molecule has 1 N–H and O–H groups in total. The summed E-state index contributed by atoms with van der Waals surface area (Å²) in [5, 5.41) is 7.36. The Kier molecular flexibility index (Phi) is 4.09. The van der Waals surface area contributed by atoms with Crippen LogP contribution in [0.5, 0.6) is 0 Å². The summed E-state index contributed by atoms with van der Waals surface area (Å²) in [5.41, 5.74) is 1.42. The van der Waals surface area contributed by atoms with Crippen molar-refractivity contribution < 1.29 is 14.1 Å². The summed E-state index contributed by atoms with van der Waals surface area (Å²) in [6.45, 7) is 1.32. The van der Waals surface area contributed by atoms with E-state index in [9.17, 15) is 4.79 Å². The number of aromatic nitrogens is 2. The molecule has 28 heavy (non-hydrogen) atoms. The van der Waals surface area contributed by atoms with Crippen molar-refractivity contribution in [3.8, 4) is 11.5 Å². The molecule has 3 heterocycles. The number of fused-ring (bicyclic) bond motifs is 1. The Labute approximate surface area is 162 Å². The number of hydrogen-bond donors (Lipinski definition) is 1. The molecule has 0 spiro atoms. The predicted molar refractivity (Wildman–Crippen MR) is 103 cm³/mol. The lowest BCUT2D eigenvalue weighted by atomic mass is 9.77. The zero-order valence-electron chi connectivity index (χ0n) is 15.2. The van der Waals surface area contributed by atoms with Crippen LogP contribution in [0.2, 0.25) is 0 Å². The molecule has 1 aromatic heterocycles. The molecular formula is C21H20N4O3. The largest absolute Gasteiger partial charge is 0.364 e. The molecule has 2 aromatic carbocycles. The summed E-state index contributed by atoms with van der Waals surface area (Å²) in [7, 11) is 0. The van der Waals surface area contributed by atoms with E-state index >= 15 is 0 Å². The average molecular weight is 376 g/mol. The van der Waals surface area contributed by atoms with Crippen LogP contribution in [0.15, 0.2) is 65.2 Å². The average Bonchev–Trinajstić information content (AvgIpc) is 3.25. The molecule has 2 fully saturated rings. The second-order valence-electron chi connectivity index (χ2n) is 7.15. The Morgan fingerprint density at radius 1 is 1.07 bits per heavy atom. The van der Waals surface area contributed by atoms with Gasteiger partial charge in [-0.25, -0.2) is 0 Å². The van der Waals surface area contributed by atoms with Gasteiger partial charge in [0.2, 0.25) is 5.91 Å². The third-order valence-electron chi connectivity index (χ3n) is 5.50. The van der Waals surface area contributed by atoms with E-state index in [0.717, 1.165) is 11.1 Å². The van der Waals surface area contributed by atoms with E-state index in [-0.39, 0.29) is 18.6 Å². The third kappa shape index (κ3) is 2.84. The first-order valence-corrected chi connectivity index (χ1v) is 9.37. The van der Waals surface area contributed by atoms with Crippen LogP contribution in [0.3, 0.4) is 0 Å². The van der Waals surface area contributed by atoms with Crippen molar-refractivity contribution in [2.24, 2.45) is 0 Å². The van der Waals surface area contributed by atoms with Gasteiger partial charge in [0.1, 0.15) is 12.7 Å². The Hall–Kier alpha value is -3.19. The van der Waals surface area contributed by atoms with E-state index in [4.69, 9.17) is 9.26 Å². The molecule has 1 amide bonds. The molecule has 0 saturated carbocycles. The molecule has 0 bridgehead atoms. The molecule has 2 saturated heterocycles. The smallest absolute Gasteiger partial charge is 0.266 e. The molecule has 3 aromatic rings. The highest BCUT2D eigenvalue weighted by Crippen LogP contribution is 2.38. The monoisotopic (exact) mass is 376 g/mol. The Morgan fingerprint density at radius 3 is 2.61 bits per heavy atom. The summed E-state index contributed by atoms with van der Waals surface area (Å²) in [5.74, 6) is 0.953. The molecule has 0 radical (unpaired) electrons. The highest BCUT2D eigenvalue weighted by Gasteiger charge is 2.49. The number of carbonyl (C=O) groups excluding carboxylic acids is 1. The van der Waals surface area contributed by atoms with Crippen LogP contribution in [0.25, 0.3) is 11.5 Å². The van der Waals surface area contributed by atoms with Gasteiger partial charge in [-0.05, 0) is 29.3 Å². The van der Waals surface area contributed by atoms with Crippen LogP contribution in [-0.2, 0) is 15.1 Å². The molecular weight excluding hydrogens is 356 g/mol. The van der Waals surface area contributed by atoms with Crippen LogP contribution < -0.4 is 10.2 Å². The van der Waals surface area contributed by atoms with Crippen molar-refractivity contribution in [2.45, 2.75) is 18.1 Å². The number of piperidine rings is 1. The van der Waals surface area contributed by atoms with E-state index in [0.29, 0.717) is 31.3 Å². The molecule has 5 rings (SSSR count). The Bertz CT molecular complexity index is 976. The number of anilines is 1. The molecule has 7 nitrogen and oxygen atoms in total. The lowest BCUT2D eigenvalue weighted by Gasteiger charge is -2.50. The minimum absolute atomic E-state index is 0.0641. The quantitative estimate of drug-likeness (QED) is 0.756. The van der Waals surface area contributed by atoms with Gasteiger partial charge in [0.25, 0.3) is 11.8 Å². The van der Waals surface area contributed by atoms with Crippen molar-refractivity contribution in [3.63, 3.8) is 0 Å². The van der Waals surface area contributed by atoms with Gasteiger partial charge in [0.05, 0.1) is 5.54 Å². The highest BCUT2D eigenvalue weighted by molar-refractivity contribution is 5.79. The van der Waals surface area contributed by atoms with Crippen LogP contribution in [0, 0.1) is 0 Å². The summed E-state index contributed by atoms with van der Waals surface area (Å²) >= 11 is 0. The van der Waals surface area contributed by atoms with Crippen LogP contribution >= 0.6 is 0 Å². The molecule has 0 aliphatic carbocycles. The normalized spacial score (nSPS) is 24.5. The van der Waals surface area contributed by atoms with Crippen LogP contribution in [0.1, 0.15) is 12.0 Å². The first-order valence-electron chi connectivity index (χ1n) is 9.37. The number of amides is 1. The third-order valence-corrected chi connectivity index (χ3v) is 5.50. The summed E-state index contributed by atoms with van der Waals surface area (Å²) in [6, 6.07) is 19.7. The molecule has 7 heteroatoms. The van der Waals surface area contributed by atoms with E-state index in [1.54, 1.807) is 0 Å². The number of carbonyl (C=O) groups is 1. The van der Waals surface area contributed by atoms with Gasteiger partial charge >= 0.3 is 0 Å². The SMILES string of the molecule is O=C1CO[C@@H]2CN(c3noc(-c4ccccc4)n3)CC[C@@]2(c2ccccc2)N1. The highest BCUT2D eigenvalue weighted by atomic mass is 16.5. The lowest BCUT2D eigenvalue weighted by Crippen LogP contribution is -2.66. The first-order chi connectivity index (χ1) is 13.7. The topological polar surface area (TPSA) is 80.5 Å². The van der Waals surface area contributed by atoms with Gasteiger partial charge in [-0.15, -0.1) is 0 Å². The second kappa shape index (κ2) is 6.76. The van der Waals surface area contributed by atoms with Crippen LogP contribution in [-0.4, -0.2) is 41.8 Å². The van der Waals surface area contributed by atoms with E-state index < -0.39 is 5.54 Å². The van der Waals surface area contributed by atoms with Gasteiger partial charge in [0, 0.05) is 18.7 Å². The van der Waals surface area contributed by atoms with Crippen molar-refractivity contribution >= 4 is 11.9 Å². The maximum atomic E-state index is 12.1. The van der Waals surface area contributed by atoms with E-state index in [1.807, 2.05) is 60.7 Å². The minimum atomic E-state index is -0.529. The van der Waals surface area contributed by atoms with Gasteiger partial charge in [-0.1, -0.05) is 48.5 Å². The maximum Gasteiger partial charge on any atom is 0.266 e. The zero-order valence-corrected chi connectivity index (χ0v) is 15.2. The van der Waals surface area contributed by atoms with E-state index in [2.05, 4.69) is 20.4 Å². The molecule has 2 atom stereocenters. The first kappa shape index (κ1) is 16.9. The zero-order chi connectivity index (χ0) is 19.0. The van der Waals surface area contributed by atoms with E-state index in [1.165, 1.54) is 0 Å².